The summed E-state index contributed by atoms with van der Waals surface area (Å²) >= 11 is 0. The van der Waals surface area contributed by atoms with Crippen molar-refractivity contribution in [1.82, 2.24) is 20.2 Å². The molecule has 0 amide bonds. The smallest absolute Gasteiger partial charge is 0.214 e. The van der Waals surface area contributed by atoms with Crippen molar-refractivity contribution in [3.8, 4) is 0 Å². The Bertz CT molecular complexity index is 1000. The van der Waals surface area contributed by atoms with Crippen LogP contribution in [0.25, 0.3) is 0 Å². The van der Waals surface area contributed by atoms with E-state index in [0.717, 1.165) is 32.0 Å². The molecule has 0 bridgehead atoms. The lowest BCUT2D eigenvalue weighted by molar-refractivity contribution is -0.927. The zero-order valence-electron chi connectivity index (χ0n) is 18.7. The van der Waals surface area contributed by atoms with Crippen molar-refractivity contribution in [3.63, 3.8) is 0 Å². The number of piperazine rings is 1. The topological polar surface area (TPSA) is 51.3 Å². The van der Waals surface area contributed by atoms with E-state index >= 15 is 0 Å². The maximum absolute atomic E-state index is 4.58. The molecule has 2 aromatic carbocycles. The van der Waals surface area contributed by atoms with Crippen LogP contribution < -0.4 is 9.80 Å². The number of rotatable bonds is 5. The third-order valence-electron chi connectivity index (χ3n) is 7.31. The van der Waals surface area contributed by atoms with E-state index in [1.54, 1.807) is 4.90 Å². The molecule has 1 saturated heterocycles. The van der Waals surface area contributed by atoms with Crippen LogP contribution in [0.3, 0.4) is 0 Å². The molecule has 0 radical (unpaired) electrons. The molecule has 162 valence electrons. The Balaban J connectivity index is 1.42. The van der Waals surface area contributed by atoms with Crippen LogP contribution in [0.2, 0.25) is 0 Å². The molecule has 0 spiro atoms. The summed E-state index contributed by atoms with van der Waals surface area (Å²) in [5.41, 5.74) is 5.46. The highest BCUT2D eigenvalue weighted by molar-refractivity contribution is 5.56. The van der Waals surface area contributed by atoms with Crippen LogP contribution in [0, 0.1) is 13.8 Å². The van der Waals surface area contributed by atoms with E-state index in [0.29, 0.717) is 6.04 Å². The van der Waals surface area contributed by atoms with Gasteiger partial charge in [0.15, 0.2) is 6.04 Å². The molecule has 31 heavy (non-hydrogen) atoms. The predicted molar refractivity (Wildman–Crippen MR) is 122 cm³/mol. The zero-order valence-corrected chi connectivity index (χ0v) is 18.7. The fraction of sp³-hybridized carbons (Fsp3) is 0.480. The molecular formula is C25H33N6+. The molecule has 1 aromatic heterocycles. The molecule has 1 saturated carbocycles. The first-order valence-corrected chi connectivity index (χ1v) is 11.7. The third kappa shape index (κ3) is 3.97. The summed E-state index contributed by atoms with van der Waals surface area (Å²) in [5.74, 6) is 1.04. The van der Waals surface area contributed by atoms with Crippen molar-refractivity contribution in [3.05, 3.63) is 71.0 Å². The zero-order chi connectivity index (χ0) is 21.2. The van der Waals surface area contributed by atoms with Crippen molar-refractivity contribution in [1.29, 1.82) is 0 Å². The van der Waals surface area contributed by atoms with Crippen LogP contribution in [0.4, 0.5) is 5.69 Å². The molecule has 1 N–H and O–H groups in total. The van der Waals surface area contributed by atoms with Gasteiger partial charge in [0, 0.05) is 11.3 Å². The van der Waals surface area contributed by atoms with Gasteiger partial charge in [0.1, 0.15) is 0 Å². The Hall–Kier alpha value is -2.73. The highest BCUT2D eigenvalue weighted by Gasteiger charge is 2.36. The Labute approximate surface area is 184 Å². The summed E-state index contributed by atoms with van der Waals surface area (Å²) in [5, 5.41) is 13.2. The molecule has 1 atom stereocenters. The number of aromatic nitrogens is 4. The highest BCUT2D eigenvalue weighted by atomic mass is 15.6. The van der Waals surface area contributed by atoms with E-state index in [-0.39, 0.29) is 6.04 Å². The molecule has 6 heteroatoms. The first kappa shape index (κ1) is 20.2. The average molecular weight is 418 g/mol. The van der Waals surface area contributed by atoms with Crippen molar-refractivity contribution >= 4 is 5.69 Å². The molecular weight excluding hydrogens is 384 g/mol. The third-order valence-corrected chi connectivity index (χ3v) is 7.31. The van der Waals surface area contributed by atoms with Crippen molar-refractivity contribution in [2.24, 2.45) is 0 Å². The summed E-state index contributed by atoms with van der Waals surface area (Å²) in [4.78, 5) is 4.11. The Kier molecular flexibility index (Phi) is 5.72. The monoisotopic (exact) mass is 417 g/mol. The van der Waals surface area contributed by atoms with Gasteiger partial charge in [0.2, 0.25) is 5.82 Å². The number of nitrogens with zero attached hydrogens (tertiary/aromatic N) is 5. The normalized spacial score (nSPS) is 19.1. The predicted octanol–water partition coefficient (Wildman–Crippen LogP) is 2.90. The number of hydrogen-bond donors (Lipinski definition) is 1. The van der Waals surface area contributed by atoms with E-state index < -0.39 is 0 Å². The number of anilines is 1. The molecule has 1 aliphatic carbocycles. The van der Waals surface area contributed by atoms with E-state index in [1.165, 1.54) is 48.1 Å². The summed E-state index contributed by atoms with van der Waals surface area (Å²) in [6.07, 6.45) is 4.94. The van der Waals surface area contributed by atoms with Gasteiger partial charge in [-0.2, -0.15) is 0 Å². The largest absolute Gasteiger partial charge is 0.360 e. The first-order valence-electron chi connectivity index (χ1n) is 11.7. The van der Waals surface area contributed by atoms with Gasteiger partial charge in [-0.05, 0) is 54.3 Å². The number of hydrogen-bond acceptors (Lipinski definition) is 4. The van der Waals surface area contributed by atoms with Gasteiger partial charge < -0.3 is 9.80 Å². The van der Waals surface area contributed by atoms with Gasteiger partial charge >= 0.3 is 0 Å². The minimum atomic E-state index is 0.178. The minimum Gasteiger partial charge on any atom is -0.360 e. The molecule has 2 aliphatic rings. The minimum absolute atomic E-state index is 0.178. The fourth-order valence-electron chi connectivity index (χ4n) is 5.41. The Morgan fingerprint density at radius 2 is 1.68 bits per heavy atom. The van der Waals surface area contributed by atoms with Crippen molar-refractivity contribution in [2.45, 2.75) is 51.6 Å². The summed E-state index contributed by atoms with van der Waals surface area (Å²) in [6, 6.07) is 18.1. The second-order valence-corrected chi connectivity index (χ2v) is 9.13. The van der Waals surface area contributed by atoms with Gasteiger partial charge in [-0.15, -0.1) is 5.10 Å². The number of nitrogens with one attached hydrogen (secondary N) is 1. The fourth-order valence-corrected chi connectivity index (χ4v) is 5.41. The van der Waals surface area contributed by atoms with Gasteiger partial charge in [-0.25, -0.2) is 4.68 Å². The quantitative estimate of drug-likeness (QED) is 0.694. The van der Waals surface area contributed by atoms with Crippen LogP contribution >= 0.6 is 0 Å². The van der Waals surface area contributed by atoms with E-state index in [4.69, 9.17) is 0 Å². The van der Waals surface area contributed by atoms with Gasteiger partial charge in [0.25, 0.3) is 0 Å². The lowest BCUT2D eigenvalue weighted by Gasteiger charge is -2.38. The van der Waals surface area contributed by atoms with Crippen LogP contribution in [0.1, 0.15) is 60.3 Å². The van der Waals surface area contributed by atoms with Crippen LogP contribution in [0.15, 0.2) is 48.5 Å². The Morgan fingerprint density at radius 1 is 0.935 bits per heavy atom. The van der Waals surface area contributed by atoms with E-state index in [2.05, 4.69) is 87.5 Å². The summed E-state index contributed by atoms with van der Waals surface area (Å²) < 4.78 is 2.15. The van der Waals surface area contributed by atoms with Crippen molar-refractivity contribution < 1.29 is 4.90 Å². The van der Waals surface area contributed by atoms with Crippen molar-refractivity contribution in [2.75, 3.05) is 31.1 Å². The molecule has 3 aromatic rings. The lowest BCUT2D eigenvalue weighted by Crippen LogP contribution is -3.15. The van der Waals surface area contributed by atoms with Crippen LogP contribution in [0.5, 0.6) is 0 Å². The standard InChI is InChI=1S/C25H32N6/c1-19-9-8-14-23(20(19)2)29-15-17-30(18-16-29)24(21-10-4-3-5-11-21)25-26-27-28-31(25)22-12-6-7-13-22/h3-5,8-11,14,22,24H,6-7,12-13,15-18H2,1-2H3/p+1/t24-/m1/s1. The number of quaternary nitrogens is 1. The number of aryl methyl sites for hydroxylation is 1. The average Bonchev–Trinajstić information content (AvgIpc) is 3.49. The van der Waals surface area contributed by atoms with Gasteiger partial charge in [-0.3, -0.25) is 0 Å². The van der Waals surface area contributed by atoms with Gasteiger partial charge in [0.05, 0.1) is 32.2 Å². The summed E-state index contributed by atoms with van der Waals surface area (Å²) in [6.45, 7) is 8.69. The molecule has 2 heterocycles. The molecule has 5 rings (SSSR count). The molecule has 1 aliphatic heterocycles. The lowest BCUT2D eigenvalue weighted by atomic mass is 10.0. The SMILES string of the molecule is Cc1cccc(N2CC[NH+]([C@H](c3ccccc3)c3nnnn3C3CCCC3)CC2)c1C. The second-order valence-electron chi connectivity index (χ2n) is 9.13. The van der Waals surface area contributed by atoms with Gasteiger partial charge in [-0.1, -0.05) is 55.3 Å². The highest BCUT2D eigenvalue weighted by Crippen LogP contribution is 2.31. The number of tetrazole rings is 1. The van der Waals surface area contributed by atoms with Crippen LogP contribution in [-0.4, -0.2) is 46.4 Å². The van der Waals surface area contributed by atoms with Crippen LogP contribution in [-0.2, 0) is 0 Å². The Morgan fingerprint density at radius 3 is 2.42 bits per heavy atom. The maximum Gasteiger partial charge on any atom is 0.214 e. The summed E-state index contributed by atoms with van der Waals surface area (Å²) in [7, 11) is 0. The second kappa shape index (κ2) is 8.79. The molecule has 0 unspecified atom stereocenters. The molecule has 2 fully saturated rings. The number of benzene rings is 2. The molecule has 6 nitrogen and oxygen atoms in total. The van der Waals surface area contributed by atoms with E-state index in [9.17, 15) is 0 Å². The van der Waals surface area contributed by atoms with E-state index in [1.807, 2.05) is 0 Å². The first-order chi connectivity index (χ1) is 15.2. The maximum atomic E-state index is 4.58.